The SMILES string of the molecule is CCCOc1c2cccc1Cc1cc(Br)cc(c1O)Cc1cccc(c1OCCC)Cc1cc(Br)cc(c1O)C2. The summed E-state index contributed by atoms with van der Waals surface area (Å²) in [6.07, 6.45) is 3.82. The first-order valence-corrected chi connectivity index (χ1v) is 15.4. The van der Waals surface area contributed by atoms with Crippen molar-refractivity contribution >= 4 is 31.9 Å². The van der Waals surface area contributed by atoms with Crippen LogP contribution in [0.2, 0.25) is 0 Å². The Morgan fingerprint density at radius 3 is 1.12 bits per heavy atom. The van der Waals surface area contributed by atoms with Gasteiger partial charge in [-0.1, -0.05) is 82.1 Å². The molecule has 0 spiro atoms. The normalized spacial score (nSPS) is 12.7. The minimum Gasteiger partial charge on any atom is -0.507 e. The molecular formula is C34H34Br2O4. The van der Waals surface area contributed by atoms with Gasteiger partial charge < -0.3 is 19.7 Å². The van der Waals surface area contributed by atoms with Crippen LogP contribution in [-0.4, -0.2) is 23.4 Å². The van der Waals surface area contributed by atoms with Crippen LogP contribution in [0.3, 0.4) is 0 Å². The largest absolute Gasteiger partial charge is 0.507 e. The van der Waals surface area contributed by atoms with Crippen LogP contribution in [0.1, 0.15) is 71.2 Å². The van der Waals surface area contributed by atoms with Crippen LogP contribution in [0.4, 0.5) is 0 Å². The van der Waals surface area contributed by atoms with E-state index in [1.165, 1.54) is 0 Å². The van der Waals surface area contributed by atoms with Gasteiger partial charge in [0, 0.05) is 34.6 Å². The molecule has 5 rings (SSSR count). The molecule has 40 heavy (non-hydrogen) atoms. The van der Waals surface area contributed by atoms with Gasteiger partial charge in [-0.25, -0.2) is 0 Å². The summed E-state index contributed by atoms with van der Waals surface area (Å²) < 4.78 is 14.5. The zero-order valence-electron chi connectivity index (χ0n) is 22.9. The van der Waals surface area contributed by atoms with Crippen molar-refractivity contribution in [3.8, 4) is 23.0 Å². The molecule has 208 valence electrons. The lowest BCUT2D eigenvalue weighted by molar-refractivity contribution is 0.311. The van der Waals surface area contributed by atoms with Gasteiger partial charge in [-0.15, -0.1) is 0 Å². The quantitative estimate of drug-likeness (QED) is 0.190. The van der Waals surface area contributed by atoms with E-state index in [-0.39, 0.29) is 0 Å². The molecule has 0 aromatic heterocycles. The molecule has 0 saturated carbocycles. The van der Waals surface area contributed by atoms with Crippen LogP contribution in [-0.2, 0) is 25.7 Å². The van der Waals surface area contributed by atoms with E-state index in [1.54, 1.807) is 0 Å². The summed E-state index contributed by atoms with van der Waals surface area (Å²) in [5.74, 6) is 2.22. The van der Waals surface area contributed by atoms with Gasteiger partial charge in [0.1, 0.15) is 23.0 Å². The highest BCUT2D eigenvalue weighted by molar-refractivity contribution is 9.10. The maximum Gasteiger partial charge on any atom is 0.126 e. The topological polar surface area (TPSA) is 58.9 Å². The van der Waals surface area contributed by atoms with Crippen LogP contribution in [0.15, 0.2) is 69.6 Å². The van der Waals surface area contributed by atoms with E-state index >= 15 is 0 Å². The van der Waals surface area contributed by atoms with Crippen molar-refractivity contribution in [3.05, 3.63) is 114 Å². The molecule has 0 atom stereocenters. The van der Waals surface area contributed by atoms with E-state index in [2.05, 4.69) is 70.0 Å². The Balaban J connectivity index is 1.75. The fraction of sp³-hybridized carbons (Fsp3) is 0.294. The summed E-state index contributed by atoms with van der Waals surface area (Å²) in [6, 6.07) is 20.2. The highest BCUT2D eigenvalue weighted by atomic mass is 79.9. The molecule has 1 aliphatic rings. The number of para-hydroxylation sites is 2. The van der Waals surface area contributed by atoms with Crippen molar-refractivity contribution in [2.75, 3.05) is 13.2 Å². The van der Waals surface area contributed by atoms with Crippen LogP contribution in [0, 0.1) is 0 Å². The fourth-order valence-electron chi connectivity index (χ4n) is 5.41. The van der Waals surface area contributed by atoms with E-state index in [0.29, 0.717) is 50.4 Å². The second-order valence-corrected chi connectivity index (χ2v) is 12.2. The number of phenolic OH excluding ortho intramolecular Hbond substituents is 2. The second-order valence-electron chi connectivity index (χ2n) is 10.4. The number of aromatic hydroxyl groups is 2. The molecule has 4 aromatic carbocycles. The molecule has 0 radical (unpaired) electrons. The lowest BCUT2D eigenvalue weighted by Gasteiger charge is -2.21. The van der Waals surface area contributed by atoms with Crippen molar-refractivity contribution in [2.24, 2.45) is 0 Å². The number of rotatable bonds is 6. The number of hydrogen-bond acceptors (Lipinski definition) is 4. The van der Waals surface area contributed by atoms with E-state index in [9.17, 15) is 10.2 Å². The summed E-state index contributed by atoms with van der Waals surface area (Å²) in [6.45, 7) is 5.36. The third kappa shape index (κ3) is 6.18. The first-order chi connectivity index (χ1) is 19.4. The van der Waals surface area contributed by atoms with Crippen molar-refractivity contribution in [3.63, 3.8) is 0 Å². The van der Waals surface area contributed by atoms with Gasteiger partial charge in [-0.2, -0.15) is 0 Å². The monoisotopic (exact) mass is 664 g/mol. The van der Waals surface area contributed by atoms with Gasteiger partial charge in [-0.05, 0) is 81.6 Å². The van der Waals surface area contributed by atoms with Crippen molar-refractivity contribution in [2.45, 2.75) is 52.4 Å². The summed E-state index contributed by atoms with van der Waals surface area (Å²) in [5, 5.41) is 23.0. The van der Waals surface area contributed by atoms with Gasteiger partial charge in [0.15, 0.2) is 0 Å². The predicted octanol–water partition coefficient (Wildman–Crippen LogP) is 8.88. The lowest BCUT2D eigenvalue weighted by atomic mass is 9.91. The number of benzene rings is 4. The van der Waals surface area contributed by atoms with E-state index in [0.717, 1.165) is 77.8 Å². The van der Waals surface area contributed by atoms with E-state index in [4.69, 9.17) is 9.47 Å². The average molecular weight is 666 g/mol. The fourth-order valence-corrected chi connectivity index (χ4v) is 6.51. The van der Waals surface area contributed by atoms with Gasteiger partial charge in [0.05, 0.1) is 13.2 Å². The Labute approximate surface area is 253 Å². The van der Waals surface area contributed by atoms with Crippen molar-refractivity contribution in [1.29, 1.82) is 0 Å². The first kappa shape index (κ1) is 28.6. The Bertz CT molecular complexity index is 1320. The standard InChI is InChI=1S/C34H34Br2O4/c1-3-11-39-33-21-7-5-8-22(33)14-26-18-30(36)20-28(32(26)38)16-24-10-6-9-23(34(24)40-12-4-2)15-27-19-29(35)17-25(13-21)31(27)37/h5-10,17-20,37-38H,3-4,11-16H2,1-2H3. The third-order valence-electron chi connectivity index (χ3n) is 7.25. The molecule has 0 unspecified atom stereocenters. The number of hydrogen-bond donors (Lipinski definition) is 2. The summed E-state index contributed by atoms with van der Waals surface area (Å²) >= 11 is 7.38. The van der Waals surface area contributed by atoms with Gasteiger partial charge >= 0.3 is 0 Å². The minimum atomic E-state index is 0.292. The third-order valence-corrected chi connectivity index (χ3v) is 8.16. The Morgan fingerprint density at radius 2 is 0.850 bits per heavy atom. The van der Waals surface area contributed by atoms with E-state index in [1.807, 2.05) is 36.4 Å². The van der Waals surface area contributed by atoms with E-state index < -0.39 is 0 Å². The maximum atomic E-state index is 11.5. The molecule has 8 bridgehead atoms. The molecule has 4 aromatic rings. The average Bonchev–Trinajstić information content (AvgIpc) is 2.92. The van der Waals surface area contributed by atoms with Gasteiger partial charge in [-0.3, -0.25) is 0 Å². The van der Waals surface area contributed by atoms with Crippen LogP contribution in [0.25, 0.3) is 0 Å². The predicted molar refractivity (Wildman–Crippen MR) is 167 cm³/mol. The second kappa shape index (κ2) is 12.7. The number of ether oxygens (including phenoxy) is 2. The zero-order chi connectivity index (χ0) is 28.2. The van der Waals surface area contributed by atoms with Crippen LogP contribution >= 0.6 is 31.9 Å². The molecule has 0 saturated heterocycles. The number of phenols is 2. The Morgan fingerprint density at radius 1 is 0.550 bits per heavy atom. The summed E-state index contributed by atoms with van der Waals surface area (Å²) in [4.78, 5) is 0. The molecule has 0 heterocycles. The molecule has 0 amide bonds. The Hall–Kier alpha value is -2.96. The Kier molecular flexibility index (Phi) is 9.07. The lowest BCUT2D eigenvalue weighted by Crippen LogP contribution is -2.07. The molecule has 4 nitrogen and oxygen atoms in total. The molecule has 2 N–H and O–H groups in total. The highest BCUT2D eigenvalue weighted by Gasteiger charge is 2.21. The molecule has 6 heteroatoms. The molecular weight excluding hydrogens is 632 g/mol. The molecule has 0 aliphatic heterocycles. The molecule has 0 fully saturated rings. The van der Waals surface area contributed by atoms with Crippen LogP contribution in [0.5, 0.6) is 23.0 Å². The number of halogens is 2. The van der Waals surface area contributed by atoms with Crippen molar-refractivity contribution < 1.29 is 19.7 Å². The zero-order valence-corrected chi connectivity index (χ0v) is 26.1. The minimum absolute atomic E-state index is 0.292. The van der Waals surface area contributed by atoms with Crippen LogP contribution < -0.4 is 9.47 Å². The van der Waals surface area contributed by atoms with Gasteiger partial charge in [0.2, 0.25) is 0 Å². The van der Waals surface area contributed by atoms with Gasteiger partial charge in [0.25, 0.3) is 0 Å². The molecule has 1 aliphatic carbocycles. The first-order valence-electron chi connectivity index (χ1n) is 13.9. The highest BCUT2D eigenvalue weighted by Crippen LogP contribution is 2.40. The maximum absolute atomic E-state index is 11.5. The summed E-state index contributed by atoms with van der Waals surface area (Å²) in [7, 11) is 0. The van der Waals surface area contributed by atoms with Crippen molar-refractivity contribution in [1.82, 2.24) is 0 Å². The summed E-state index contributed by atoms with van der Waals surface area (Å²) in [5.41, 5.74) is 7.32. The smallest absolute Gasteiger partial charge is 0.126 e. The number of fused-ring (bicyclic) bond motifs is 8.